The Labute approximate surface area is 128 Å². The third kappa shape index (κ3) is 2.95. The van der Waals surface area contributed by atoms with Gasteiger partial charge in [-0.1, -0.05) is 18.2 Å². The van der Waals surface area contributed by atoms with Gasteiger partial charge in [0.15, 0.2) is 0 Å². The highest BCUT2D eigenvalue weighted by atomic mass is 35.5. The first-order valence-corrected chi connectivity index (χ1v) is 7.47. The van der Waals surface area contributed by atoms with Gasteiger partial charge >= 0.3 is 0 Å². The van der Waals surface area contributed by atoms with Crippen LogP contribution >= 0.6 is 24.2 Å². The van der Waals surface area contributed by atoms with Crippen LogP contribution in [-0.4, -0.2) is 23.6 Å². The molecule has 1 aliphatic rings. The summed E-state index contributed by atoms with van der Waals surface area (Å²) < 4.78 is 5.77. The van der Waals surface area contributed by atoms with E-state index in [0.717, 1.165) is 33.9 Å². The van der Waals surface area contributed by atoms with Crippen LogP contribution in [0.15, 0.2) is 28.7 Å². The Morgan fingerprint density at radius 1 is 1.50 bits per heavy atom. The second-order valence-corrected chi connectivity index (χ2v) is 5.67. The molecule has 1 amide bonds. The number of thioether (sulfide) groups is 1. The average Bonchev–Trinajstić information content (AvgIpc) is 3.05. The van der Waals surface area contributed by atoms with Gasteiger partial charge in [0.05, 0.1) is 12.6 Å². The lowest BCUT2D eigenvalue weighted by Crippen LogP contribution is -2.41. The number of aryl methyl sites for hydroxylation is 1. The van der Waals surface area contributed by atoms with Gasteiger partial charge < -0.3 is 9.73 Å². The molecule has 1 saturated heterocycles. The monoisotopic (exact) mass is 312 g/mol. The Balaban J connectivity index is 0.00000147. The third-order valence-electron chi connectivity index (χ3n) is 3.40. The molecule has 2 aromatic rings. The van der Waals surface area contributed by atoms with E-state index in [0.29, 0.717) is 6.54 Å². The predicted octanol–water partition coefficient (Wildman–Crippen LogP) is 2.44. The maximum atomic E-state index is 11.9. The predicted molar refractivity (Wildman–Crippen MR) is 84.3 cm³/mol. The molecule has 0 spiro atoms. The summed E-state index contributed by atoms with van der Waals surface area (Å²) in [7, 11) is 0. The Kier molecular flexibility index (Phi) is 4.96. The fourth-order valence-corrected chi connectivity index (χ4v) is 3.19. The van der Waals surface area contributed by atoms with Crippen molar-refractivity contribution in [1.82, 2.24) is 10.6 Å². The van der Waals surface area contributed by atoms with E-state index in [1.807, 2.05) is 31.2 Å². The number of halogens is 1. The zero-order valence-corrected chi connectivity index (χ0v) is 12.8. The standard InChI is InChI=1S/C14H16N2O2S.ClH/c1-9-10-4-2-3-5-12(10)18-13(9)6-15-14(17)11-7-19-8-16-11;/h2-5,11,16H,6-8H2,1H3,(H,15,17);1H. The lowest BCUT2D eigenvalue weighted by atomic mass is 10.1. The van der Waals surface area contributed by atoms with Gasteiger partial charge in [0.1, 0.15) is 11.3 Å². The molecule has 0 saturated carbocycles. The molecule has 2 heterocycles. The summed E-state index contributed by atoms with van der Waals surface area (Å²) in [5.41, 5.74) is 1.98. The average molecular weight is 313 g/mol. The summed E-state index contributed by atoms with van der Waals surface area (Å²) in [6, 6.07) is 7.85. The summed E-state index contributed by atoms with van der Waals surface area (Å²) in [6.45, 7) is 2.47. The van der Waals surface area contributed by atoms with Crippen molar-refractivity contribution < 1.29 is 9.21 Å². The van der Waals surface area contributed by atoms with Gasteiger partial charge in [-0.3, -0.25) is 10.1 Å². The Morgan fingerprint density at radius 2 is 2.30 bits per heavy atom. The molecule has 1 aliphatic heterocycles. The summed E-state index contributed by atoms with van der Waals surface area (Å²) in [4.78, 5) is 11.9. The molecule has 20 heavy (non-hydrogen) atoms. The van der Waals surface area contributed by atoms with Crippen LogP contribution in [0.4, 0.5) is 0 Å². The molecular formula is C14H17ClN2O2S. The van der Waals surface area contributed by atoms with Crippen molar-refractivity contribution in [3.8, 4) is 0 Å². The molecule has 0 radical (unpaired) electrons. The SMILES string of the molecule is Cc1c(CNC(=O)C2CSCN2)oc2ccccc12.Cl. The van der Waals surface area contributed by atoms with E-state index in [1.54, 1.807) is 11.8 Å². The maximum absolute atomic E-state index is 11.9. The van der Waals surface area contributed by atoms with Crippen LogP contribution < -0.4 is 10.6 Å². The third-order valence-corrected chi connectivity index (χ3v) is 4.34. The van der Waals surface area contributed by atoms with Crippen molar-refractivity contribution in [2.24, 2.45) is 0 Å². The summed E-state index contributed by atoms with van der Waals surface area (Å²) in [5.74, 6) is 2.57. The first-order valence-electron chi connectivity index (χ1n) is 6.31. The van der Waals surface area contributed by atoms with Crippen molar-refractivity contribution in [2.75, 3.05) is 11.6 Å². The number of amides is 1. The number of nitrogens with one attached hydrogen (secondary N) is 2. The van der Waals surface area contributed by atoms with Crippen molar-refractivity contribution in [1.29, 1.82) is 0 Å². The van der Waals surface area contributed by atoms with Crippen molar-refractivity contribution >= 4 is 41.0 Å². The lowest BCUT2D eigenvalue weighted by Gasteiger charge is -2.09. The van der Waals surface area contributed by atoms with Crippen LogP contribution in [0.2, 0.25) is 0 Å². The molecule has 1 aromatic carbocycles. The highest BCUT2D eigenvalue weighted by Crippen LogP contribution is 2.24. The molecule has 4 nitrogen and oxygen atoms in total. The van der Waals surface area contributed by atoms with Crippen molar-refractivity contribution in [3.05, 3.63) is 35.6 Å². The van der Waals surface area contributed by atoms with Crippen LogP contribution in [0.25, 0.3) is 11.0 Å². The normalized spacial score (nSPS) is 17.9. The quantitative estimate of drug-likeness (QED) is 0.914. The van der Waals surface area contributed by atoms with Crippen molar-refractivity contribution in [2.45, 2.75) is 19.5 Å². The fraction of sp³-hybridized carbons (Fsp3) is 0.357. The minimum Gasteiger partial charge on any atom is -0.459 e. The van der Waals surface area contributed by atoms with Crippen LogP contribution in [0.1, 0.15) is 11.3 Å². The minimum atomic E-state index is -0.0744. The Hall–Kier alpha value is -1.17. The number of carbonyl (C=O) groups is 1. The van der Waals surface area contributed by atoms with Gasteiger partial charge in [0, 0.05) is 22.6 Å². The highest BCUT2D eigenvalue weighted by molar-refractivity contribution is 7.99. The number of carbonyl (C=O) groups excluding carboxylic acids is 1. The number of benzene rings is 1. The van der Waals surface area contributed by atoms with Gasteiger partial charge in [-0.2, -0.15) is 0 Å². The van der Waals surface area contributed by atoms with Gasteiger partial charge in [0.25, 0.3) is 0 Å². The maximum Gasteiger partial charge on any atom is 0.238 e. The number of para-hydroxylation sites is 1. The number of rotatable bonds is 3. The number of hydrogen-bond donors (Lipinski definition) is 2. The molecule has 1 atom stereocenters. The molecule has 3 rings (SSSR count). The van der Waals surface area contributed by atoms with Gasteiger partial charge in [-0.25, -0.2) is 0 Å². The van der Waals surface area contributed by atoms with Gasteiger partial charge in [0.2, 0.25) is 5.91 Å². The molecule has 108 valence electrons. The second kappa shape index (κ2) is 6.52. The fourth-order valence-electron chi connectivity index (χ4n) is 2.25. The molecule has 1 fully saturated rings. The van der Waals surface area contributed by atoms with E-state index in [1.165, 1.54) is 0 Å². The minimum absolute atomic E-state index is 0. The number of hydrogen-bond acceptors (Lipinski definition) is 4. The van der Waals surface area contributed by atoms with Crippen LogP contribution in [0.5, 0.6) is 0 Å². The topological polar surface area (TPSA) is 54.3 Å². The number of furan rings is 1. The van der Waals surface area contributed by atoms with E-state index in [4.69, 9.17) is 4.42 Å². The van der Waals surface area contributed by atoms with Crippen LogP contribution in [-0.2, 0) is 11.3 Å². The van der Waals surface area contributed by atoms with E-state index >= 15 is 0 Å². The summed E-state index contributed by atoms with van der Waals surface area (Å²) in [5, 5.41) is 7.20. The number of fused-ring (bicyclic) bond motifs is 1. The smallest absolute Gasteiger partial charge is 0.238 e. The van der Waals surface area contributed by atoms with Crippen LogP contribution in [0.3, 0.4) is 0 Å². The van der Waals surface area contributed by atoms with Crippen LogP contribution in [0, 0.1) is 6.92 Å². The Morgan fingerprint density at radius 3 is 3.00 bits per heavy atom. The molecular weight excluding hydrogens is 296 g/mol. The summed E-state index contributed by atoms with van der Waals surface area (Å²) >= 11 is 1.74. The first-order chi connectivity index (χ1) is 9.25. The second-order valence-electron chi connectivity index (χ2n) is 4.64. The molecule has 0 aliphatic carbocycles. The molecule has 2 N–H and O–H groups in total. The molecule has 1 aromatic heterocycles. The lowest BCUT2D eigenvalue weighted by molar-refractivity contribution is -0.122. The zero-order valence-electron chi connectivity index (χ0n) is 11.1. The van der Waals surface area contributed by atoms with Gasteiger partial charge in [-0.05, 0) is 13.0 Å². The van der Waals surface area contributed by atoms with E-state index in [2.05, 4.69) is 10.6 Å². The Bertz CT molecular complexity index is 608. The largest absolute Gasteiger partial charge is 0.459 e. The summed E-state index contributed by atoms with van der Waals surface area (Å²) in [6.07, 6.45) is 0. The van der Waals surface area contributed by atoms with Gasteiger partial charge in [-0.15, -0.1) is 24.2 Å². The first kappa shape index (κ1) is 15.2. The van der Waals surface area contributed by atoms with E-state index < -0.39 is 0 Å². The van der Waals surface area contributed by atoms with E-state index in [9.17, 15) is 4.79 Å². The van der Waals surface area contributed by atoms with E-state index in [-0.39, 0.29) is 24.4 Å². The molecule has 6 heteroatoms. The molecule has 0 bridgehead atoms. The highest BCUT2D eigenvalue weighted by Gasteiger charge is 2.22. The zero-order chi connectivity index (χ0) is 13.2. The van der Waals surface area contributed by atoms with Crippen molar-refractivity contribution in [3.63, 3.8) is 0 Å². The molecule has 1 unspecified atom stereocenters.